The molecule has 0 saturated carbocycles. The van der Waals surface area contributed by atoms with Crippen LogP contribution >= 0.6 is 0 Å². The lowest BCUT2D eigenvalue weighted by molar-refractivity contribution is -0.134. The van der Waals surface area contributed by atoms with Crippen molar-refractivity contribution in [1.29, 1.82) is 0 Å². The van der Waals surface area contributed by atoms with Gasteiger partial charge in [0.1, 0.15) is 5.75 Å². The molecule has 0 radical (unpaired) electrons. The molecule has 158 valence electrons. The lowest BCUT2D eigenvalue weighted by Gasteiger charge is -2.26. The summed E-state index contributed by atoms with van der Waals surface area (Å²) in [5.74, 6) is -0.0959. The summed E-state index contributed by atoms with van der Waals surface area (Å²) in [7, 11) is 1.57. The van der Waals surface area contributed by atoms with Gasteiger partial charge in [0.25, 0.3) is 5.91 Å². The van der Waals surface area contributed by atoms with E-state index in [-0.39, 0.29) is 12.5 Å². The van der Waals surface area contributed by atoms with Gasteiger partial charge in [-0.15, -0.1) is 0 Å². The van der Waals surface area contributed by atoms with Crippen LogP contribution in [0, 0.1) is 0 Å². The van der Waals surface area contributed by atoms with Crippen molar-refractivity contribution < 1.29 is 23.8 Å². The van der Waals surface area contributed by atoms with E-state index in [4.69, 9.17) is 14.2 Å². The highest BCUT2D eigenvalue weighted by molar-refractivity contribution is 5.92. The highest BCUT2D eigenvalue weighted by atomic mass is 16.5. The molecule has 0 aromatic heterocycles. The molecule has 0 aliphatic carbocycles. The van der Waals surface area contributed by atoms with E-state index in [1.807, 2.05) is 25.1 Å². The highest BCUT2D eigenvalue weighted by Gasteiger charge is 2.20. The summed E-state index contributed by atoms with van der Waals surface area (Å²) in [6.45, 7) is 3.64. The van der Waals surface area contributed by atoms with Gasteiger partial charge in [-0.3, -0.25) is 4.79 Å². The molecule has 0 fully saturated rings. The van der Waals surface area contributed by atoms with Crippen LogP contribution in [0.15, 0.2) is 54.6 Å². The number of hydrogen-bond acceptors (Lipinski definition) is 5. The molecule has 1 aliphatic heterocycles. The molecule has 0 unspecified atom stereocenters. The molecule has 1 aliphatic rings. The van der Waals surface area contributed by atoms with E-state index in [1.54, 1.807) is 30.2 Å². The number of hydrogen-bond donors (Lipinski definition) is 0. The van der Waals surface area contributed by atoms with Gasteiger partial charge in [-0.05, 0) is 42.7 Å². The number of nitrogens with zero attached hydrogens (tertiary/aromatic N) is 1. The highest BCUT2D eigenvalue weighted by Crippen LogP contribution is 2.23. The minimum absolute atomic E-state index is 0.199. The molecule has 6 nitrogen and oxygen atoms in total. The molecular formula is C24H27NO5. The first-order valence-corrected chi connectivity index (χ1v) is 10.1. The van der Waals surface area contributed by atoms with E-state index >= 15 is 0 Å². The zero-order valence-electron chi connectivity index (χ0n) is 17.4. The number of ether oxygens (including phenoxy) is 3. The third-order valence-electron chi connectivity index (χ3n) is 5.01. The Balaban J connectivity index is 1.55. The molecule has 0 saturated heterocycles. The van der Waals surface area contributed by atoms with Crippen LogP contribution in [0.1, 0.15) is 34.8 Å². The monoisotopic (exact) mass is 409 g/mol. The molecule has 0 spiro atoms. The van der Waals surface area contributed by atoms with Gasteiger partial charge in [-0.2, -0.15) is 0 Å². The summed E-state index contributed by atoms with van der Waals surface area (Å²) in [5, 5.41) is 0. The topological polar surface area (TPSA) is 65.1 Å². The Hall–Kier alpha value is -3.12. The maximum atomic E-state index is 12.5. The summed E-state index contributed by atoms with van der Waals surface area (Å²) in [6.07, 6.45) is 2.84. The second kappa shape index (κ2) is 10.6. The third kappa shape index (κ3) is 5.48. The SMILES string of the molecule is CCOCc1cc(C(=O)OCC(=O)N2CC=C(c3ccccc3)CC2)ccc1OC. The van der Waals surface area contributed by atoms with E-state index < -0.39 is 5.97 Å². The fraction of sp³-hybridized carbons (Fsp3) is 0.333. The Labute approximate surface area is 177 Å². The van der Waals surface area contributed by atoms with Gasteiger partial charge in [0.05, 0.1) is 19.3 Å². The summed E-state index contributed by atoms with van der Waals surface area (Å²) in [6, 6.07) is 15.1. The van der Waals surface area contributed by atoms with E-state index in [9.17, 15) is 9.59 Å². The molecule has 6 heteroatoms. The van der Waals surface area contributed by atoms with Crippen LogP contribution in [0.2, 0.25) is 0 Å². The van der Waals surface area contributed by atoms with Crippen molar-refractivity contribution in [3.8, 4) is 5.75 Å². The number of rotatable bonds is 8. The first-order valence-electron chi connectivity index (χ1n) is 10.1. The zero-order valence-corrected chi connectivity index (χ0v) is 17.4. The van der Waals surface area contributed by atoms with Crippen LogP contribution in [-0.2, 0) is 20.9 Å². The standard InChI is InChI=1S/C24H27NO5/c1-3-29-16-21-15-20(9-10-22(21)28-2)24(27)30-17-23(26)25-13-11-19(12-14-25)18-7-5-4-6-8-18/h4-11,15H,3,12-14,16-17H2,1-2H3. The van der Waals surface area contributed by atoms with Crippen LogP contribution in [-0.4, -0.2) is 50.2 Å². The Morgan fingerprint density at radius 1 is 1.10 bits per heavy atom. The molecule has 30 heavy (non-hydrogen) atoms. The van der Waals surface area contributed by atoms with E-state index in [0.29, 0.717) is 37.6 Å². The predicted octanol–water partition coefficient (Wildman–Crippen LogP) is 3.70. The van der Waals surface area contributed by atoms with Crippen molar-refractivity contribution in [1.82, 2.24) is 4.90 Å². The van der Waals surface area contributed by atoms with Crippen molar-refractivity contribution >= 4 is 17.4 Å². The molecule has 2 aromatic carbocycles. The predicted molar refractivity (Wildman–Crippen MR) is 114 cm³/mol. The van der Waals surface area contributed by atoms with Crippen LogP contribution < -0.4 is 4.74 Å². The minimum Gasteiger partial charge on any atom is -0.496 e. The Morgan fingerprint density at radius 3 is 2.57 bits per heavy atom. The van der Waals surface area contributed by atoms with Gasteiger partial charge >= 0.3 is 5.97 Å². The van der Waals surface area contributed by atoms with E-state index in [1.165, 1.54) is 11.1 Å². The lowest BCUT2D eigenvalue weighted by atomic mass is 10.00. The number of benzene rings is 2. The minimum atomic E-state index is -0.540. The maximum Gasteiger partial charge on any atom is 0.338 e. The first kappa shape index (κ1) is 21.6. The Kier molecular flexibility index (Phi) is 7.63. The Morgan fingerprint density at radius 2 is 1.90 bits per heavy atom. The van der Waals surface area contributed by atoms with Crippen molar-refractivity contribution in [3.63, 3.8) is 0 Å². The van der Waals surface area contributed by atoms with Gasteiger partial charge in [-0.1, -0.05) is 36.4 Å². The smallest absolute Gasteiger partial charge is 0.338 e. The van der Waals surface area contributed by atoms with Crippen LogP contribution in [0.3, 0.4) is 0 Å². The third-order valence-corrected chi connectivity index (χ3v) is 5.01. The summed E-state index contributed by atoms with van der Waals surface area (Å²) in [5.41, 5.74) is 3.54. The van der Waals surface area contributed by atoms with Crippen molar-refractivity contribution in [3.05, 3.63) is 71.3 Å². The van der Waals surface area contributed by atoms with E-state index in [0.717, 1.165) is 12.0 Å². The number of carbonyl (C=O) groups excluding carboxylic acids is 2. The number of amides is 1. The Bertz CT molecular complexity index is 907. The van der Waals surface area contributed by atoms with Gasteiger partial charge < -0.3 is 19.1 Å². The van der Waals surface area contributed by atoms with Gasteiger partial charge in [0.2, 0.25) is 0 Å². The lowest BCUT2D eigenvalue weighted by Crippen LogP contribution is -2.37. The maximum absolute atomic E-state index is 12.5. The molecular weight excluding hydrogens is 382 g/mol. The number of methoxy groups -OCH3 is 1. The van der Waals surface area contributed by atoms with Crippen molar-refractivity contribution in [2.45, 2.75) is 20.0 Å². The molecule has 0 bridgehead atoms. The van der Waals surface area contributed by atoms with Gasteiger partial charge in [0.15, 0.2) is 6.61 Å². The van der Waals surface area contributed by atoms with Crippen molar-refractivity contribution in [2.24, 2.45) is 0 Å². The molecule has 3 rings (SSSR count). The second-order valence-electron chi connectivity index (χ2n) is 6.93. The number of carbonyl (C=O) groups is 2. The molecule has 2 aromatic rings. The van der Waals surface area contributed by atoms with Crippen LogP contribution in [0.25, 0.3) is 5.57 Å². The summed E-state index contributed by atoms with van der Waals surface area (Å²) < 4.78 is 16.0. The van der Waals surface area contributed by atoms with Gasteiger partial charge in [-0.25, -0.2) is 4.79 Å². The van der Waals surface area contributed by atoms with Crippen molar-refractivity contribution in [2.75, 3.05) is 33.4 Å². The first-order chi connectivity index (χ1) is 14.6. The van der Waals surface area contributed by atoms with E-state index in [2.05, 4.69) is 18.2 Å². The van der Waals surface area contributed by atoms with Crippen LogP contribution in [0.4, 0.5) is 0 Å². The van der Waals surface area contributed by atoms with Crippen LogP contribution in [0.5, 0.6) is 5.75 Å². The quantitative estimate of drug-likeness (QED) is 0.622. The second-order valence-corrected chi connectivity index (χ2v) is 6.93. The fourth-order valence-corrected chi connectivity index (χ4v) is 3.34. The summed E-state index contributed by atoms with van der Waals surface area (Å²) >= 11 is 0. The molecule has 0 atom stereocenters. The molecule has 1 heterocycles. The number of esters is 1. The van der Waals surface area contributed by atoms with Gasteiger partial charge in [0, 0.05) is 25.3 Å². The average molecular weight is 409 g/mol. The largest absolute Gasteiger partial charge is 0.496 e. The molecule has 1 amide bonds. The average Bonchev–Trinajstić information content (AvgIpc) is 2.81. The summed E-state index contributed by atoms with van der Waals surface area (Å²) in [4.78, 5) is 26.6. The molecule has 0 N–H and O–H groups in total. The fourth-order valence-electron chi connectivity index (χ4n) is 3.34. The zero-order chi connectivity index (χ0) is 21.3. The normalized spacial score (nSPS) is 13.5.